The molecule has 0 aliphatic carbocycles. The van der Waals surface area contributed by atoms with Crippen molar-refractivity contribution in [1.82, 2.24) is 9.78 Å². The second kappa shape index (κ2) is 7.96. The Hall–Kier alpha value is -3.61. The van der Waals surface area contributed by atoms with Gasteiger partial charge in [-0.15, -0.1) is 0 Å². The Morgan fingerprint density at radius 3 is 2.96 bits per heavy atom. The van der Waals surface area contributed by atoms with E-state index in [1.54, 1.807) is 13.3 Å². The molecule has 3 aromatic rings. The molecule has 1 aromatic heterocycles. The topological polar surface area (TPSA) is 77.7 Å². The number of nitrogens with zero attached hydrogens (tertiary/aromatic N) is 3. The summed E-state index contributed by atoms with van der Waals surface area (Å²) in [5.41, 5.74) is 3.29. The molecule has 0 fully saturated rings. The van der Waals surface area contributed by atoms with E-state index in [1.807, 2.05) is 65.5 Å². The largest absolute Gasteiger partial charge is 0.496 e. The second-order valence-corrected chi connectivity index (χ2v) is 6.43. The number of carbonyl (C=O) groups is 1. The van der Waals surface area contributed by atoms with Crippen LogP contribution >= 0.6 is 0 Å². The maximum absolute atomic E-state index is 12.6. The summed E-state index contributed by atoms with van der Waals surface area (Å²) in [6.45, 7) is 0.637. The summed E-state index contributed by atoms with van der Waals surface area (Å²) in [4.78, 5) is 18.0. The Morgan fingerprint density at radius 2 is 2.14 bits per heavy atom. The molecule has 0 saturated heterocycles. The molecule has 0 saturated carbocycles. The number of carbonyl (C=O) groups excluding carboxylic acids is 1. The van der Waals surface area contributed by atoms with Crippen LogP contribution in [0.4, 0.5) is 5.69 Å². The third-order valence-corrected chi connectivity index (χ3v) is 4.48. The van der Waals surface area contributed by atoms with Crippen molar-refractivity contribution in [3.05, 3.63) is 78.1 Å². The number of para-hydroxylation sites is 1. The third-order valence-electron chi connectivity index (χ3n) is 4.48. The highest BCUT2D eigenvalue weighted by atomic mass is 16.6. The van der Waals surface area contributed by atoms with Gasteiger partial charge in [0.2, 0.25) is 6.10 Å². The lowest BCUT2D eigenvalue weighted by molar-refractivity contribution is -0.125. The minimum absolute atomic E-state index is 0.232. The van der Waals surface area contributed by atoms with E-state index in [0.29, 0.717) is 30.1 Å². The summed E-state index contributed by atoms with van der Waals surface area (Å²) >= 11 is 0. The predicted octanol–water partition coefficient (Wildman–Crippen LogP) is 3.07. The summed E-state index contributed by atoms with van der Waals surface area (Å²) < 4.78 is 7.19. The molecule has 0 radical (unpaired) electrons. The second-order valence-electron chi connectivity index (χ2n) is 6.43. The molecule has 1 amide bonds. The highest BCUT2D eigenvalue weighted by Gasteiger charge is 2.30. The molecule has 0 bridgehead atoms. The number of benzene rings is 2. The van der Waals surface area contributed by atoms with E-state index in [-0.39, 0.29) is 5.91 Å². The van der Waals surface area contributed by atoms with Crippen molar-refractivity contribution < 1.29 is 14.4 Å². The van der Waals surface area contributed by atoms with Crippen LogP contribution in [0.5, 0.6) is 5.75 Å². The lowest BCUT2D eigenvalue weighted by Gasteiger charge is -2.11. The first kappa shape index (κ1) is 17.8. The zero-order valence-electron chi connectivity index (χ0n) is 15.4. The third kappa shape index (κ3) is 3.88. The Labute approximate surface area is 162 Å². The van der Waals surface area contributed by atoms with E-state index in [2.05, 4.69) is 15.6 Å². The zero-order valence-corrected chi connectivity index (χ0v) is 15.4. The van der Waals surface area contributed by atoms with Gasteiger partial charge >= 0.3 is 0 Å². The number of hydrogen-bond acceptors (Lipinski definition) is 5. The van der Waals surface area contributed by atoms with E-state index in [1.165, 1.54) is 0 Å². The summed E-state index contributed by atoms with van der Waals surface area (Å²) in [6.07, 6.45) is 3.35. The number of nitrogens with one attached hydrogen (secondary N) is 1. The Balaban J connectivity index is 1.40. The summed E-state index contributed by atoms with van der Waals surface area (Å²) in [6, 6.07) is 17.1. The Kier molecular flexibility index (Phi) is 5.05. The van der Waals surface area contributed by atoms with Crippen molar-refractivity contribution >= 4 is 17.3 Å². The number of hydrogen-bond donors (Lipinski definition) is 1. The van der Waals surface area contributed by atoms with E-state index >= 15 is 0 Å². The standard InChI is InChI=1S/C21H20N4O3/c1-27-19-9-3-2-8-17(19)18-13-20(28-24-18)21(26)23-16-7-4-6-15(12-16)14-25-11-5-10-22-25/h2-12,20H,13-14H2,1H3,(H,23,26). The first-order valence-corrected chi connectivity index (χ1v) is 8.96. The van der Waals surface area contributed by atoms with Crippen molar-refractivity contribution in [3.63, 3.8) is 0 Å². The highest BCUT2D eigenvalue weighted by Crippen LogP contribution is 2.25. The molecule has 4 rings (SSSR count). The van der Waals surface area contributed by atoms with Crippen molar-refractivity contribution in [2.75, 3.05) is 12.4 Å². The molecule has 28 heavy (non-hydrogen) atoms. The molecule has 1 unspecified atom stereocenters. The van der Waals surface area contributed by atoms with Gasteiger partial charge in [0.1, 0.15) is 5.75 Å². The maximum Gasteiger partial charge on any atom is 0.268 e. The van der Waals surface area contributed by atoms with Crippen LogP contribution < -0.4 is 10.1 Å². The fraction of sp³-hybridized carbons (Fsp3) is 0.190. The number of rotatable bonds is 6. The zero-order chi connectivity index (χ0) is 19.3. The summed E-state index contributed by atoms with van der Waals surface area (Å²) in [5.74, 6) is 0.474. The number of aromatic nitrogens is 2. The van der Waals surface area contributed by atoms with Gasteiger partial charge in [-0.25, -0.2) is 0 Å². The average Bonchev–Trinajstić information content (AvgIpc) is 3.40. The van der Waals surface area contributed by atoms with Gasteiger partial charge in [-0.1, -0.05) is 29.4 Å². The van der Waals surface area contributed by atoms with E-state index < -0.39 is 6.10 Å². The minimum atomic E-state index is -0.672. The first-order valence-electron chi connectivity index (χ1n) is 8.96. The van der Waals surface area contributed by atoms with Crippen LogP contribution in [-0.4, -0.2) is 34.6 Å². The fourth-order valence-corrected chi connectivity index (χ4v) is 3.11. The molecule has 1 aliphatic rings. The van der Waals surface area contributed by atoms with E-state index in [4.69, 9.17) is 9.57 Å². The van der Waals surface area contributed by atoms with Crippen molar-refractivity contribution in [3.8, 4) is 5.75 Å². The van der Waals surface area contributed by atoms with E-state index in [0.717, 1.165) is 11.1 Å². The van der Waals surface area contributed by atoms with Crippen LogP contribution in [0.25, 0.3) is 0 Å². The molecule has 1 N–H and O–H groups in total. The normalized spacial score (nSPS) is 15.6. The monoisotopic (exact) mass is 376 g/mol. The SMILES string of the molecule is COc1ccccc1C1=NOC(C(=O)Nc2cccc(Cn3cccn3)c2)C1. The maximum atomic E-state index is 12.6. The van der Waals surface area contributed by atoms with E-state index in [9.17, 15) is 4.79 Å². The predicted molar refractivity (Wildman–Crippen MR) is 105 cm³/mol. The van der Waals surface area contributed by atoms with Crippen LogP contribution in [-0.2, 0) is 16.2 Å². The smallest absolute Gasteiger partial charge is 0.268 e. The molecule has 2 heterocycles. The molecule has 0 spiro atoms. The lowest BCUT2D eigenvalue weighted by Crippen LogP contribution is -2.28. The molecular weight excluding hydrogens is 356 g/mol. The molecule has 2 aromatic carbocycles. The summed E-state index contributed by atoms with van der Waals surface area (Å²) in [5, 5.41) is 11.2. The van der Waals surface area contributed by atoms with Gasteiger partial charge in [-0.05, 0) is 35.9 Å². The van der Waals surface area contributed by atoms with Crippen LogP contribution in [0, 0.1) is 0 Å². The Morgan fingerprint density at radius 1 is 1.25 bits per heavy atom. The van der Waals surface area contributed by atoms with Crippen LogP contribution in [0.15, 0.2) is 72.1 Å². The molecule has 7 nitrogen and oxygen atoms in total. The van der Waals surface area contributed by atoms with Gasteiger partial charge in [0.15, 0.2) is 0 Å². The number of methoxy groups -OCH3 is 1. The minimum Gasteiger partial charge on any atom is -0.496 e. The van der Waals surface area contributed by atoms with Crippen LogP contribution in [0.3, 0.4) is 0 Å². The molecule has 142 valence electrons. The van der Waals surface area contributed by atoms with Gasteiger partial charge in [-0.3, -0.25) is 9.48 Å². The number of amides is 1. The lowest BCUT2D eigenvalue weighted by atomic mass is 10.0. The number of oxime groups is 1. The van der Waals surface area contributed by atoms with Crippen molar-refractivity contribution in [2.24, 2.45) is 5.16 Å². The Bertz CT molecular complexity index is 998. The van der Waals surface area contributed by atoms with Gasteiger partial charge < -0.3 is 14.9 Å². The van der Waals surface area contributed by atoms with Crippen molar-refractivity contribution in [1.29, 1.82) is 0 Å². The summed E-state index contributed by atoms with van der Waals surface area (Å²) in [7, 11) is 1.61. The average molecular weight is 376 g/mol. The van der Waals surface area contributed by atoms with Gasteiger partial charge in [0.05, 0.1) is 19.4 Å². The molecule has 1 aliphatic heterocycles. The number of ether oxygens (including phenoxy) is 1. The van der Waals surface area contributed by atoms with Gasteiger partial charge in [0, 0.05) is 30.1 Å². The highest BCUT2D eigenvalue weighted by molar-refractivity contribution is 6.07. The van der Waals surface area contributed by atoms with Crippen LogP contribution in [0.2, 0.25) is 0 Å². The van der Waals surface area contributed by atoms with Crippen LogP contribution in [0.1, 0.15) is 17.5 Å². The fourth-order valence-electron chi connectivity index (χ4n) is 3.11. The van der Waals surface area contributed by atoms with Crippen molar-refractivity contribution in [2.45, 2.75) is 19.1 Å². The van der Waals surface area contributed by atoms with Gasteiger partial charge in [0.25, 0.3) is 5.91 Å². The molecule has 7 heteroatoms. The quantitative estimate of drug-likeness (QED) is 0.717. The molecular formula is C21H20N4O3. The first-order chi connectivity index (χ1) is 13.7. The molecule has 1 atom stereocenters. The number of anilines is 1. The van der Waals surface area contributed by atoms with Gasteiger partial charge in [-0.2, -0.15) is 5.10 Å².